The number of anilines is 1. The molecule has 0 amide bonds. The Bertz CT molecular complexity index is 1170. The number of nitrogens with one attached hydrogen (secondary N) is 1. The van der Waals surface area contributed by atoms with Gasteiger partial charge in [-0.05, 0) is 42.5 Å². The second-order valence-electron chi connectivity index (χ2n) is 5.78. The van der Waals surface area contributed by atoms with Gasteiger partial charge in [-0.1, -0.05) is 17.7 Å². The highest BCUT2D eigenvalue weighted by Crippen LogP contribution is 2.35. The van der Waals surface area contributed by atoms with E-state index in [2.05, 4.69) is 4.98 Å². The number of pyridine rings is 1. The quantitative estimate of drug-likeness (QED) is 0.497. The van der Waals surface area contributed by atoms with Gasteiger partial charge in [-0.3, -0.25) is 4.72 Å². The molecule has 158 valence electrons. The van der Waals surface area contributed by atoms with Crippen LogP contribution in [0.5, 0.6) is 11.6 Å². The van der Waals surface area contributed by atoms with Crippen LogP contribution in [0.15, 0.2) is 59.6 Å². The number of alkyl halides is 3. The zero-order chi connectivity index (χ0) is 22.1. The molecule has 0 radical (unpaired) electrons. The van der Waals surface area contributed by atoms with Crippen LogP contribution >= 0.6 is 11.6 Å². The fraction of sp³-hybridized carbons (Fsp3) is 0.0556. The van der Waals surface area contributed by atoms with Crippen LogP contribution in [0, 0.1) is 11.6 Å². The van der Waals surface area contributed by atoms with Crippen molar-refractivity contribution in [1.29, 1.82) is 0 Å². The van der Waals surface area contributed by atoms with Gasteiger partial charge in [0.25, 0.3) is 10.0 Å². The maximum absolute atomic E-state index is 13.7. The molecule has 12 heteroatoms. The third-order valence-corrected chi connectivity index (χ3v) is 5.32. The molecule has 0 bridgehead atoms. The van der Waals surface area contributed by atoms with Crippen molar-refractivity contribution in [3.63, 3.8) is 0 Å². The number of benzene rings is 2. The molecule has 1 N–H and O–H groups in total. The maximum Gasteiger partial charge on any atom is 0.417 e. The summed E-state index contributed by atoms with van der Waals surface area (Å²) in [4.78, 5) is 3.15. The van der Waals surface area contributed by atoms with E-state index in [1.807, 2.05) is 4.72 Å². The van der Waals surface area contributed by atoms with Crippen LogP contribution in [0.3, 0.4) is 0 Å². The Kier molecular flexibility index (Phi) is 5.86. The van der Waals surface area contributed by atoms with Crippen molar-refractivity contribution >= 4 is 27.3 Å². The fourth-order valence-electron chi connectivity index (χ4n) is 2.24. The van der Waals surface area contributed by atoms with Crippen molar-refractivity contribution < 1.29 is 35.1 Å². The van der Waals surface area contributed by atoms with E-state index in [4.69, 9.17) is 16.3 Å². The van der Waals surface area contributed by atoms with E-state index in [0.717, 1.165) is 30.3 Å². The summed E-state index contributed by atoms with van der Waals surface area (Å²) in [6, 6.07) is 7.95. The Hall–Kier alpha value is -2.92. The Labute approximate surface area is 172 Å². The first-order chi connectivity index (χ1) is 14.0. The van der Waals surface area contributed by atoms with Crippen molar-refractivity contribution in [1.82, 2.24) is 4.98 Å². The number of ether oxygens (including phenoxy) is 1. The van der Waals surface area contributed by atoms with Crippen molar-refractivity contribution in [2.75, 3.05) is 4.72 Å². The number of sulfonamides is 1. The Morgan fingerprint density at radius 1 is 1.00 bits per heavy atom. The van der Waals surface area contributed by atoms with Crippen molar-refractivity contribution in [2.24, 2.45) is 0 Å². The molecule has 2 aromatic carbocycles. The number of hydrogen-bond acceptors (Lipinski definition) is 4. The fourth-order valence-corrected chi connectivity index (χ4v) is 3.52. The first-order valence-corrected chi connectivity index (χ1v) is 9.81. The van der Waals surface area contributed by atoms with E-state index in [-0.39, 0.29) is 16.5 Å². The van der Waals surface area contributed by atoms with Crippen molar-refractivity contribution in [3.05, 3.63) is 76.9 Å². The number of rotatable bonds is 5. The van der Waals surface area contributed by atoms with Gasteiger partial charge >= 0.3 is 6.18 Å². The lowest BCUT2D eigenvalue weighted by Gasteiger charge is -2.12. The highest BCUT2D eigenvalue weighted by Gasteiger charge is 2.31. The number of para-hydroxylation sites is 1. The molecule has 0 fully saturated rings. The maximum atomic E-state index is 13.7. The summed E-state index contributed by atoms with van der Waals surface area (Å²) < 4.78 is 97.0. The molecule has 0 spiro atoms. The molecule has 1 aromatic heterocycles. The summed E-state index contributed by atoms with van der Waals surface area (Å²) in [5.41, 5.74) is -1.90. The molecule has 0 saturated carbocycles. The monoisotopic (exact) mass is 464 g/mol. The van der Waals surface area contributed by atoms with E-state index >= 15 is 0 Å². The third-order valence-electron chi connectivity index (χ3n) is 3.68. The number of nitrogens with zero attached hydrogens (tertiary/aromatic N) is 1. The van der Waals surface area contributed by atoms with Gasteiger partial charge in [0.05, 0.1) is 10.5 Å². The average Bonchev–Trinajstić information content (AvgIpc) is 2.66. The Balaban J connectivity index is 1.80. The summed E-state index contributed by atoms with van der Waals surface area (Å²) in [5, 5.41) is -0.404. The topological polar surface area (TPSA) is 68.3 Å². The molecular weight excluding hydrogens is 455 g/mol. The zero-order valence-electron chi connectivity index (χ0n) is 14.5. The van der Waals surface area contributed by atoms with Crippen molar-refractivity contribution in [2.45, 2.75) is 11.1 Å². The standard InChI is InChI=1S/C18H10ClF5N2O3S/c19-13-8-10(18(22,23)24)9-25-17(13)29-11-4-6-12(7-5-11)30(27,28)26-16-14(20)2-1-3-15(16)21/h1-9,26H. The molecule has 0 unspecified atom stereocenters. The van der Waals surface area contributed by atoms with Crippen LogP contribution in [0.2, 0.25) is 5.02 Å². The largest absolute Gasteiger partial charge is 0.438 e. The number of aromatic nitrogens is 1. The predicted molar refractivity (Wildman–Crippen MR) is 97.9 cm³/mol. The number of hydrogen-bond donors (Lipinski definition) is 1. The summed E-state index contributed by atoms with van der Waals surface area (Å²) in [6.07, 6.45) is -4.09. The van der Waals surface area contributed by atoms with Crippen molar-refractivity contribution in [3.8, 4) is 11.6 Å². The molecule has 0 saturated heterocycles. The lowest BCUT2D eigenvalue weighted by atomic mass is 10.3. The van der Waals surface area contributed by atoms with Crippen LogP contribution < -0.4 is 9.46 Å². The first-order valence-electron chi connectivity index (χ1n) is 7.95. The van der Waals surface area contributed by atoms with Crippen LogP contribution in [-0.4, -0.2) is 13.4 Å². The zero-order valence-corrected chi connectivity index (χ0v) is 16.1. The van der Waals surface area contributed by atoms with Gasteiger partial charge < -0.3 is 4.74 Å². The molecule has 5 nitrogen and oxygen atoms in total. The van der Waals surface area contributed by atoms with Crippen LogP contribution in [0.25, 0.3) is 0 Å². The van der Waals surface area contributed by atoms with Gasteiger partial charge in [-0.25, -0.2) is 22.2 Å². The summed E-state index contributed by atoms with van der Waals surface area (Å²) >= 11 is 5.74. The molecule has 1 heterocycles. The Morgan fingerprint density at radius 3 is 2.13 bits per heavy atom. The molecule has 0 aliphatic rings. The van der Waals surface area contributed by atoms with E-state index in [1.165, 1.54) is 12.1 Å². The molecule has 0 atom stereocenters. The van der Waals surface area contributed by atoms with Gasteiger partial charge in [0.15, 0.2) is 0 Å². The van der Waals surface area contributed by atoms with Crippen LogP contribution in [-0.2, 0) is 16.2 Å². The van der Waals surface area contributed by atoms with Crippen LogP contribution in [0.1, 0.15) is 5.56 Å². The molecule has 3 aromatic rings. The van der Waals surface area contributed by atoms with Gasteiger partial charge in [0.1, 0.15) is 28.1 Å². The smallest absolute Gasteiger partial charge is 0.417 e. The first kappa shape index (κ1) is 21.8. The minimum Gasteiger partial charge on any atom is -0.438 e. The summed E-state index contributed by atoms with van der Waals surface area (Å²) in [6.45, 7) is 0. The third kappa shape index (κ3) is 4.79. The second kappa shape index (κ2) is 8.07. The van der Waals surface area contributed by atoms with E-state index in [1.54, 1.807) is 0 Å². The lowest BCUT2D eigenvalue weighted by Crippen LogP contribution is -2.15. The summed E-state index contributed by atoms with van der Waals surface area (Å²) in [7, 11) is -4.33. The second-order valence-corrected chi connectivity index (χ2v) is 7.87. The molecular formula is C18H10ClF5N2O3S. The van der Waals surface area contributed by atoms with Gasteiger partial charge in [0.2, 0.25) is 5.88 Å². The Morgan fingerprint density at radius 2 is 1.60 bits per heavy atom. The molecule has 0 aliphatic heterocycles. The van der Waals surface area contributed by atoms with Gasteiger partial charge in [0, 0.05) is 6.20 Å². The summed E-state index contributed by atoms with van der Waals surface area (Å²) in [5.74, 6) is -2.50. The molecule has 3 rings (SSSR count). The normalized spacial score (nSPS) is 11.9. The highest BCUT2D eigenvalue weighted by molar-refractivity contribution is 7.92. The SMILES string of the molecule is O=S(=O)(Nc1c(F)cccc1F)c1ccc(Oc2ncc(C(F)(F)F)cc2Cl)cc1. The predicted octanol–water partition coefficient (Wildman–Crippen LogP) is 5.63. The number of halogens is 6. The molecule has 0 aliphatic carbocycles. The molecule has 30 heavy (non-hydrogen) atoms. The van der Waals surface area contributed by atoms with E-state index in [0.29, 0.717) is 12.3 Å². The average molecular weight is 465 g/mol. The van der Waals surface area contributed by atoms with E-state index in [9.17, 15) is 30.4 Å². The van der Waals surface area contributed by atoms with Gasteiger partial charge in [-0.2, -0.15) is 13.2 Å². The minimum atomic E-state index is -4.63. The highest BCUT2D eigenvalue weighted by atomic mass is 35.5. The van der Waals surface area contributed by atoms with E-state index < -0.39 is 44.1 Å². The van der Waals surface area contributed by atoms with Crippen LogP contribution in [0.4, 0.5) is 27.6 Å². The minimum absolute atomic E-state index is 0.0141. The lowest BCUT2D eigenvalue weighted by molar-refractivity contribution is -0.137. The van der Waals surface area contributed by atoms with Gasteiger partial charge in [-0.15, -0.1) is 0 Å².